The number of hydrogen-bond acceptors (Lipinski definition) is 6. The van der Waals surface area contributed by atoms with Crippen LogP contribution in [0, 0.1) is 0 Å². The molecule has 7 heteroatoms. The number of ether oxygens (including phenoxy) is 1. The van der Waals surface area contributed by atoms with E-state index in [0.29, 0.717) is 22.9 Å². The van der Waals surface area contributed by atoms with E-state index < -0.39 is 0 Å². The number of benzene rings is 2. The molecule has 3 aromatic rings. The van der Waals surface area contributed by atoms with Crippen molar-refractivity contribution in [3.05, 3.63) is 66.2 Å². The number of nitrogens with one attached hydrogen (secondary N) is 2. The van der Waals surface area contributed by atoms with Crippen LogP contribution in [-0.4, -0.2) is 36.3 Å². The fraction of sp³-hybridized carbons (Fsp3) is 0.227. The summed E-state index contributed by atoms with van der Waals surface area (Å²) in [6.07, 6.45) is 2.52. The molecule has 0 bridgehead atoms. The van der Waals surface area contributed by atoms with Gasteiger partial charge in [-0.3, -0.25) is 4.79 Å². The van der Waals surface area contributed by atoms with Crippen molar-refractivity contribution >= 4 is 28.9 Å². The molecule has 0 spiro atoms. The van der Waals surface area contributed by atoms with Crippen LogP contribution in [0.4, 0.5) is 23.0 Å². The largest absolute Gasteiger partial charge is 0.497 e. The summed E-state index contributed by atoms with van der Waals surface area (Å²) in [5.41, 5.74) is 2.71. The van der Waals surface area contributed by atoms with Gasteiger partial charge in [-0.25, -0.2) is 0 Å². The first-order chi connectivity index (χ1) is 14.2. The predicted molar refractivity (Wildman–Crippen MR) is 114 cm³/mol. The number of carbonyl (C=O) groups excluding carboxylic acids is 1. The Hall–Kier alpha value is -3.61. The minimum Gasteiger partial charge on any atom is -0.497 e. The molecular weight excluding hydrogens is 366 g/mol. The molecule has 0 saturated carbocycles. The Morgan fingerprint density at radius 1 is 0.897 bits per heavy atom. The number of methoxy groups -OCH3 is 1. The van der Waals surface area contributed by atoms with Gasteiger partial charge in [-0.1, -0.05) is 0 Å². The molecule has 0 atom stereocenters. The van der Waals surface area contributed by atoms with Crippen LogP contribution in [-0.2, 0) is 0 Å². The highest BCUT2D eigenvalue weighted by Gasteiger charge is 2.12. The van der Waals surface area contributed by atoms with Crippen molar-refractivity contribution in [2.75, 3.05) is 35.7 Å². The van der Waals surface area contributed by atoms with Crippen molar-refractivity contribution in [3.8, 4) is 5.75 Å². The second-order valence-corrected chi connectivity index (χ2v) is 6.85. The van der Waals surface area contributed by atoms with Crippen LogP contribution in [0.25, 0.3) is 0 Å². The van der Waals surface area contributed by atoms with Crippen LogP contribution >= 0.6 is 0 Å². The lowest BCUT2D eigenvalue weighted by molar-refractivity contribution is 0.102. The third-order valence-corrected chi connectivity index (χ3v) is 4.87. The molecule has 148 valence electrons. The monoisotopic (exact) mass is 389 g/mol. The Morgan fingerprint density at radius 2 is 1.55 bits per heavy atom. The van der Waals surface area contributed by atoms with Crippen LogP contribution < -0.4 is 20.3 Å². The molecular formula is C22H23N5O2. The molecule has 29 heavy (non-hydrogen) atoms. The maximum atomic E-state index is 12.3. The van der Waals surface area contributed by atoms with Crippen molar-refractivity contribution in [1.82, 2.24) is 10.2 Å². The van der Waals surface area contributed by atoms with Gasteiger partial charge in [-0.05, 0) is 73.5 Å². The topological polar surface area (TPSA) is 79.4 Å². The van der Waals surface area contributed by atoms with Gasteiger partial charge in [-0.2, -0.15) is 0 Å². The molecule has 1 aliphatic heterocycles. The molecule has 0 radical (unpaired) electrons. The van der Waals surface area contributed by atoms with Gasteiger partial charge in [0, 0.05) is 30.0 Å². The molecule has 1 aliphatic rings. The summed E-state index contributed by atoms with van der Waals surface area (Å²) in [7, 11) is 1.59. The van der Waals surface area contributed by atoms with E-state index in [-0.39, 0.29) is 5.91 Å². The van der Waals surface area contributed by atoms with Gasteiger partial charge in [-0.15, -0.1) is 10.2 Å². The van der Waals surface area contributed by atoms with Crippen molar-refractivity contribution in [3.63, 3.8) is 0 Å². The first-order valence-electron chi connectivity index (χ1n) is 9.62. The molecule has 0 unspecified atom stereocenters. The van der Waals surface area contributed by atoms with Crippen LogP contribution in [0.1, 0.15) is 23.2 Å². The zero-order valence-electron chi connectivity index (χ0n) is 16.3. The van der Waals surface area contributed by atoms with Crippen molar-refractivity contribution in [2.24, 2.45) is 0 Å². The smallest absolute Gasteiger partial charge is 0.256 e. The SMILES string of the molecule is COc1ccc(C(=O)Nc2ccc(Nc3ccc(N4CCCC4)cc3)nn2)cc1. The Bertz CT molecular complexity index is 950. The molecule has 2 N–H and O–H groups in total. The lowest BCUT2D eigenvalue weighted by Crippen LogP contribution is -2.17. The van der Waals surface area contributed by atoms with Crippen molar-refractivity contribution in [1.29, 1.82) is 0 Å². The van der Waals surface area contributed by atoms with E-state index in [4.69, 9.17) is 4.74 Å². The fourth-order valence-corrected chi connectivity index (χ4v) is 3.28. The van der Waals surface area contributed by atoms with Gasteiger partial charge >= 0.3 is 0 Å². The Labute approximate surface area is 169 Å². The summed E-state index contributed by atoms with van der Waals surface area (Å²) in [4.78, 5) is 14.7. The number of rotatable bonds is 6. The summed E-state index contributed by atoms with van der Waals surface area (Å²) < 4.78 is 5.10. The molecule has 4 rings (SSSR count). The second-order valence-electron chi connectivity index (χ2n) is 6.85. The summed E-state index contributed by atoms with van der Waals surface area (Å²) in [6, 6.07) is 18.7. The Balaban J connectivity index is 1.35. The number of nitrogens with zero attached hydrogens (tertiary/aromatic N) is 3. The van der Waals surface area contributed by atoms with E-state index in [9.17, 15) is 4.79 Å². The number of hydrogen-bond donors (Lipinski definition) is 2. The number of aromatic nitrogens is 2. The van der Waals surface area contributed by atoms with E-state index >= 15 is 0 Å². The van der Waals surface area contributed by atoms with Gasteiger partial charge in [0.05, 0.1) is 7.11 Å². The number of anilines is 4. The first-order valence-corrected chi connectivity index (χ1v) is 9.62. The van der Waals surface area contributed by atoms with E-state index in [1.807, 2.05) is 12.1 Å². The van der Waals surface area contributed by atoms with Gasteiger partial charge in [0.15, 0.2) is 11.6 Å². The minimum atomic E-state index is -0.250. The molecule has 1 saturated heterocycles. The number of amides is 1. The number of carbonyl (C=O) groups is 1. The van der Waals surface area contributed by atoms with Crippen LogP contribution in [0.15, 0.2) is 60.7 Å². The Morgan fingerprint density at radius 3 is 2.17 bits per heavy atom. The highest BCUT2D eigenvalue weighted by molar-refractivity contribution is 6.03. The third kappa shape index (κ3) is 4.63. The maximum Gasteiger partial charge on any atom is 0.256 e. The average molecular weight is 389 g/mol. The van der Waals surface area contributed by atoms with Gasteiger partial charge < -0.3 is 20.3 Å². The van der Waals surface area contributed by atoms with E-state index in [1.165, 1.54) is 18.5 Å². The minimum absolute atomic E-state index is 0.250. The highest BCUT2D eigenvalue weighted by atomic mass is 16.5. The quantitative estimate of drug-likeness (QED) is 0.661. The maximum absolute atomic E-state index is 12.3. The normalized spacial score (nSPS) is 13.2. The summed E-state index contributed by atoms with van der Waals surface area (Å²) in [6.45, 7) is 2.25. The lowest BCUT2D eigenvalue weighted by atomic mass is 10.2. The van der Waals surface area contributed by atoms with E-state index in [2.05, 4.69) is 37.9 Å². The summed E-state index contributed by atoms with van der Waals surface area (Å²) in [5.74, 6) is 1.45. The molecule has 1 fully saturated rings. The second kappa shape index (κ2) is 8.60. The molecule has 1 aromatic heterocycles. The van der Waals surface area contributed by atoms with Crippen LogP contribution in [0.2, 0.25) is 0 Å². The molecule has 1 amide bonds. The zero-order valence-corrected chi connectivity index (χ0v) is 16.3. The van der Waals surface area contributed by atoms with E-state index in [0.717, 1.165) is 18.8 Å². The zero-order chi connectivity index (χ0) is 20.1. The molecule has 2 aromatic carbocycles. The standard InChI is InChI=1S/C22H23N5O2/c1-29-19-10-4-16(5-11-19)22(28)24-21-13-12-20(25-26-21)23-17-6-8-18(9-7-17)27-14-2-3-15-27/h4-13H,2-3,14-15H2,1H3,(H,23,25)(H,24,26,28). The van der Waals surface area contributed by atoms with Gasteiger partial charge in [0.25, 0.3) is 5.91 Å². The molecule has 7 nitrogen and oxygen atoms in total. The lowest BCUT2D eigenvalue weighted by Gasteiger charge is -2.17. The van der Waals surface area contributed by atoms with Crippen LogP contribution in [0.5, 0.6) is 5.75 Å². The van der Waals surface area contributed by atoms with Crippen molar-refractivity contribution in [2.45, 2.75) is 12.8 Å². The molecule has 2 heterocycles. The third-order valence-electron chi connectivity index (χ3n) is 4.87. The Kier molecular flexibility index (Phi) is 5.56. The average Bonchev–Trinajstić information content (AvgIpc) is 3.31. The van der Waals surface area contributed by atoms with Crippen LogP contribution in [0.3, 0.4) is 0 Å². The summed E-state index contributed by atoms with van der Waals surface area (Å²) >= 11 is 0. The van der Waals surface area contributed by atoms with Crippen molar-refractivity contribution < 1.29 is 9.53 Å². The first kappa shape index (κ1) is 18.7. The van der Waals surface area contributed by atoms with Gasteiger partial charge in [0.2, 0.25) is 0 Å². The molecule has 0 aliphatic carbocycles. The van der Waals surface area contributed by atoms with Gasteiger partial charge in [0.1, 0.15) is 5.75 Å². The predicted octanol–water partition coefficient (Wildman–Crippen LogP) is 4.08. The summed E-state index contributed by atoms with van der Waals surface area (Å²) in [5, 5.41) is 14.2. The fourth-order valence-electron chi connectivity index (χ4n) is 3.28. The highest BCUT2D eigenvalue weighted by Crippen LogP contribution is 2.23. The van der Waals surface area contributed by atoms with E-state index in [1.54, 1.807) is 43.5 Å².